The highest BCUT2D eigenvalue weighted by molar-refractivity contribution is 5.76. The van der Waals surface area contributed by atoms with Crippen molar-refractivity contribution in [3.63, 3.8) is 0 Å². The van der Waals surface area contributed by atoms with Crippen LogP contribution in [0, 0.1) is 0 Å². The molecular formula is C35H42F3N5O4. The van der Waals surface area contributed by atoms with Crippen molar-refractivity contribution < 1.29 is 32.2 Å². The molecule has 0 radical (unpaired) electrons. The van der Waals surface area contributed by atoms with Crippen LogP contribution >= 0.6 is 0 Å². The van der Waals surface area contributed by atoms with Gasteiger partial charge in [0.15, 0.2) is 6.61 Å². The molecule has 1 amide bonds. The van der Waals surface area contributed by atoms with Gasteiger partial charge in [-0.05, 0) is 24.0 Å². The van der Waals surface area contributed by atoms with E-state index in [-0.39, 0.29) is 48.1 Å². The third-order valence-electron chi connectivity index (χ3n) is 9.28. The van der Waals surface area contributed by atoms with Gasteiger partial charge in [0.25, 0.3) is 0 Å². The Morgan fingerprint density at radius 3 is 2.17 bits per heavy atom. The van der Waals surface area contributed by atoms with Gasteiger partial charge >= 0.3 is 6.18 Å². The van der Waals surface area contributed by atoms with E-state index in [1.54, 1.807) is 7.11 Å². The fourth-order valence-corrected chi connectivity index (χ4v) is 6.95. The van der Waals surface area contributed by atoms with Gasteiger partial charge in [0.05, 0.1) is 25.7 Å². The third-order valence-corrected chi connectivity index (χ3v) is 9.28. The molecule has 3 heterocycles. The molecule has 6 rings (SSSR count). The number of amides is 1. The minimum atomic E-state index is -4.52. The number of halogens is 3. The van der Waals surface area contributed by atoms with Crippen molar-refractivity contribution in [1.29, 1.82) is 0 Å². The molecule has 9 nitrogen and oxygen atoms in total. The Bertz CT molecular complexity index is 1450. The molecule has 2 saturated heterocycles. The van der Waals surface area contributed by atoms with Crippen LogP contribution in [0.2, 0.25) is 0 Å². The Kier molecular flexibility index (Phi) is 10.3. The van der Waals surface area contributed by atoms with Gasteiger partial charge in [-0.15, -0.1) is 0 Å². The largest absolute Gasteiger partial charge is 0.481 e. The van der Waals surface area contributed by atoms with Crippen LogP contribution in [0.25, 0.3) is 0 Å². The number of alkyl halides is 3. The maximum Gasteiger partial charge on any atom is 0.422 e. The Labute approximate surface area is 273 Å². The van der Waals surface area contributed by atoms with Crippen molar-refractivity contribution in [2.24, 2.45) is 0 Å². The highest BCUT2D eigenvalue weighted by Crippen LogP contribution is 2.42. The summed E-state index contributed by atoms with van der Waals surface area (Å²) in [6.45, 7) is 2.22. The van der Waals surface area contributed by atoms with E-state index in [1.807, 2.05) is 41.3 Å². The lowest BCUT2D eigenvalue weighted by molar-refractivity contribution is -0.154. The average Bonchev–Trinajstić information content (AvgIpc) is 3.93. The minimum absolute atomic E-state index is 0.00645. The SMILES string of the molecule is COCCC(=O)N1CCN2[C@H](CN(Cc3c(OC)nc(C4CC4)nc3OCC(F)(F)F)C[C@H]2C(c2ccccc2)c2ccccc2)C1. The van der Waals surface area contributed by atoms with Crippen LogP contribution < -0.4 is 9.47 Å². The summed E-state index contributed by atoms with van der Waals surface area (Å²) < 4.78 is 56.3. The summed E-state index contributed by atoms with van der Waals surface area (Å²) in [6, 6.07) is 20.8. The Morgan fingerprint density at radius 2 is 1.57 bits per heavy atom. The summed E-state index contributed by atoms with van der Waals surface area (Å²) >= 11 is 0. The second-order valence-electron chi connectivity index (χ2n) is 12.6. The van der Waals surface area contributed by atoms with Gasteiger partial charge in [0, 0.05) is 70.3 Å². The fourth-order valence-electron chi connectivity index (χ4n) is 6.95. The average molecular weight is 654 g/mol. The molecule has 1 saturated carbocycles. The van der Waals surface area contributed by atoms with Crippen molar-refractivity contribution >= 4 is 5.91 Å². The number of methoxy groups -OCH3 is 2. The first-order chi connectivity index (χ1) is 22.7. The third kappa shape index (κ3) is 8.05. The monoisotopic (exact) mass is 653 g/mol. The van der Waals surface area contributed by atoms with Crippen LogP contribution in [0.3, 0.4) is 0 Å². The van der Waals surface area contributed by atoms with Crippen LogP contribution in [0.4, 0.5) is 13.2 Å². The number of nitrogens with zero attached hydrogens (tertiary/aromatic N) is 5. The number of hydrogen-bond donors (Lipinski definition) is 0. The van der Waals surface area contributed by atoms with E-state index in [2.05, 4.69) is 44.0 Å². The number of carbonyl (C=O) groups is 1. The maximum absolute atomic E-state index is 13.4. The lowest BCUT2D eigenvalue weighted by atomic mass is 9.81. The van der Waals surface area contributed by atoms with E-state index in [1.165, 1.54) is 18.2 Å². The van der Waals surface area contributed by atoms with Gasteiger partial charge < -0.3 is 19.1 Å². The van der Waals surface area contributed by atoms with Crippen LogP contribution in [-0.4, -0.2) is 109 Å². The standard InChI is InChI=1S/C35H42F3N5O4/c1-45-18-15-30(44)42-16-17-43-27(20-42)19-41(22-29(43)31(24-9-5-3-6-10-24)25-11-7-4-8-12-25)21-28-33(46-2)39-32(26-13-14-26)40-34(28)47-23-35(36,37)38/h3-12,26-27,29,31H,13-23H2,1-2H3/t27-,29+/m1/s1. The summed E-state index contributed by atoms with van der Waals surface area (Å²) in [5.41, 5.74) is 2.74. The van der Waals surface area contributed by atoms with Crippen molar-refractivity contribution in [3.05, 3.63) is 83.2 Å². The number of hydrogen-bond acceptors (Lipinski definition) is 8. The number of ether oxygens (including phenoxy) is 3. The van der Waals surface area contributed by atoms with Crippen LogP contribution in [0.5, 0.6) is 11.8 Å². The van der Waals surface area contributed by atoms with Gasteiger partial charge in [-0.2, -0.15) is 23.1 Å². The Balaban J connectivity index is 1.36. The molecule has 2 atom stereocenters. The summed E-state index contributed by atoms with van der Waals surface area (Å²) in [4.78, 5) is 28.9. The molecule has 1 aliphatic carbocycles. The van der Waals surface area contributed by atoms with Crippen LogP contribution in [0.15, 0.2) is 60.7 Å². The molecule has 2 aromatic carbocycles. The molecule has 3 aliphatic rings. The fraction of sp³-hybridized carbons (Fsp3) is 0.514. The number of piperazine rings is 2. The van der Waals surface area contributed by atoms with E-state index in [0.29, 0.717) is 57.1 Å². The molecule has 0 unspecified atom stereocenters. The molecule has 252 valence electrons. The van der Waals surface area contributed by atoms with Crippen LogP contribution in [0.1, 0.15) is 53.6 Å². The molecule has 2 aliphatic heterocycles. The maximum atomic E-state index is 13.4. The number of aromatic nitrogens is 2. The van der Waals surface area contributed by atoms with E-state index in [4.69, 9.17) is 14.2 Å². The predicted octanol–water partition coefficient (Wildman–Crippen LogP) is 4.87. The number of benzene rings is 2. The molecule has 3 fully saturated rings. The molecule has 0 N–H and O–H groups in total. The molecule has 0 spiro atoms. The zero-order valence-corrected chi connectivity index (χ0v) is 26.9. The van der Waals surface area contributed by atoms with Crippen molar-refractivity contribution in [3.8, 4) is 11.8 Å². The summed E-state index contributed by atoms with van der Waals surface area (Å²) in [7, 11) is 3.06. The van der Waals surface area contributed by atoms with Gasteiger partial charge in [-0.25, -0.2) is 0 Å². The van der Waals surface area contributed by atoms with Crippen molar-refractivity contribution in [2.45, 2.75) is 55.9 Å². The molecule has 3 aromatic rings. The number of carbonyl (C=O) groups excluding carboxylic acids is 1. The number of fused-ring (bicyclic) bond motifs is 1. The second kappa shape index (κ2) is 14.6. The lowest BCUT2D eigenvalue weighted by Crippen LogP contribution is -2.67. The highest BCUT2D eigenvalue weighted by atomic mass is 19.4. The Hall–Kier alpha value is -3.74. The first kappa shape index (κ1) is 33.2. The summed E-state index contributed by atoms with van der Waals surface area (Å²) in [5.74, 6) is 0.765. The summed E-state index contributed by atoms with van der Waals surface area (Å²) in [5, 5.41) is 0. The molecular weight excluding hydrogens is 611 g/mol. The second-order valence-corrected chi connectivity index (χ2v) is 12.6. The lowest BCUT2D eigenvalue weighted by Gasteiger charge is -2.53. The predicted molar refractivity (Wildman–Crippen MR) is 169 cm³/mol. The first-order valence-electron chi connectivity index (χ1n) is 16.2. The van der Waals surface area contributed by atoms with E-state index >= 15 is 0 Å². The zero-order chi connectivity index (χ0) is 33.0. The van der Waals surface area contributed by atoms with Crippen molar-refractivity contribution in [2.75, 3.05) is 60.2 Å². The zero-order valence-electron chi connectivity index (χ0n) is 26.9. The topological polar surface area (TPSA) is 80.3 Å². The quantitative estimate of drug-likeness (QED) is 0.274. The number of rotatable bonds is 12. The summed E-state index contributed by atoms with van der Waals surface area (Å²) in [6.07, 6.45) is -2.45. The normalized spacial score (nSPS) is 20.7. The van der Waals surface area contributed by atoms with Crippen LogP contribution in [-0.2, 0) is 16.1 Å². The van der Waals surface area contributed by atoms with Gasteiger partial charge in [-0.1, -0.05) is 60.7 Å². The van der Waals surface area contributed by atoms with Gasteiger partial charge in [0.2, 0.25) is 17.7 Å². The van der Waals surface area contributed by atoms with Gasteiger partial charge in [-0.3, -0.25) is 14.6 Å². The molecule has 1 aromatic heterocycles. The van der Waals surface area contributed by atoms with Crippen molar-refractivity contribution in [1.82, 2.24) is 24.7 Å². The van der Waals surface area contributed by atoms with E-state index < -0.39 is 12.8 Å². The highest BCUT2D eigenvalue weighted by Gasteiger charge is 2.43. The first-order valence-corrected chi connectivity index (χ1v) is 16.2. The molecule has 47 heavy (non-hydrogen) atoms. The minimum Gasteiger partial charge on any atom is -0.481 e. The van der Waals surface area contributed by atoms with Gasteiger partial charge in [0.1, 0.15) is 5.82 Å². The Morgan fingerprint density at radius 1 is 0.915 bits per heavy atom. The molecule has 12 heteroatoms. The van der Waals surface area contributed by atoms with E-state index in [0.717, 1.165) is 12.8 Å². The van der Waals surface area contributed by atoms with E-state index in [9.17, 15) is 18.0 Å². The molecule has 0 bridgehead atoms. The smallest absolute Gasteiger partial charge is 0.422 e.